The van der Waals surface area contributed by atoms with E-state index >= 15 is 0 Å². The van der Waals surface area contributed by atoms with Crippen molar-refractivity contribution < 1.29 is 14.7 Å². The largest absolute Gasteiger partial charge is 0.481 e. The van der Waals surface area contributed by atoms with Gasteiger partial charge in [-0.3, -0.25) is 4.79 Å². The highest BCUT2D eigenvalue weighted by molar-refractivity contribution is 7.99. The second-order valence-corrected chi connectivity index (χ2v) is 8.01. The van der Waals surface area contributed by atoms with Gasteiger partial charge in [0.1, 0.15) is 0 Å². The Hall–Kier alpha value is -0.910. The summed E-state index contributed by atoms with van der Waals surface area (Å²) >= 11 is 1.69. The number of hydrogen-bond acceptors (Lipinski definition) is 3. The molecule has 122 valence electrons. The molecular formula is C15H28N2O3S. The lowest BCUT2D eigenvalue weighted by atomic mass is 9.80. The number of urea groups is 1. The van der Waals surface area contributed by atoms with E-state index < -0.39 is 11.4 Å². The maximum Gasteiger partial charge on any atom is 0.314 e. The number of thioether (sulfide) groups is 1. The first-order chi connectivity index (χ1) is 9.81. The second-order valence-electron chi connectivity index (χ2n) is 6.50. The number of aliphatic carboxylic acids is 1. The van der Waals surface area contributed by atoms with Gasteiger partial charge in [-0.2, -0.15) is 11.8 Å². The zero-order valence-electron chi connectivity index (χ0n) is 13.3. The molecule has 0 aromatic rings. The summed E-state index contributed by atoms with van der Waals surface area (Å²) in [5.41, 5.74) is -0.789. The average Bonchev–Trinajstić information content (AvgIpc) is 2.69. The van der Waals surface area contributed by atoms with Crippen LogP contribution >= 0.6 is 11.8 Å². The Bertz CT molecular complexity index is 364. The zero-order chi connectivity index (χ0) is 15.9. The smallest absolute Gasteiger partial charge is 0.314 e. The molecule has 5 nitrogen and oxygen atoms in total. The first kappa shape index (κ1) is 18.1. The van der Waals surface area contributed by atoms with Crippen molar-refractivity contribution in [2.75, 3.05) is 19.3 Å². The monoisotopic (exact) mass is 316 g/mol. The number of hydrogen-bond donors (Lipinski definition) is 3. The lowest BCUT2D eigenvalue weighted by Gasteiger charge is -2.29. The molecule has 1 aliphatic carbocycles. The van der Waals surface area contributed by atoms with Crippen molar-refractivity contribution in [3.05, 3.63) is 0 Å². The summed E-state index contributed by atoms with van der Waals surface area (Å²) in [4.78, 5) is 23.5. The molecule has 1 rings (SSSR count). The van der Waals surface area contributed by atoms with Crippen LogP contribution in [0.4, 0.5) is 4.79 Å². The van der Waals surface area contributed by atoms with E-state index in [0.717, 1.165) is 25.7 Å². The molecule has 0 bridgehead atoms. The normalized spacial score (nSPS) is 18.6. The van der Waals surface area contributed by atoms with Gasteiger partial charge in [-0.1, -0.05) is 25.7 Å². The van der Waals surface area contributed by atoms with Gasteiger partial charge in [0.05, 0.1) is 5.41 Å². The number of amides is 2. The van der Waals surface area contributed by atoms with E-state index in [0.29, 0.717) is 19.4 Å². The van der Waals surface area contributed by atoms with Crippen LogP contribution in [0.1, 0.15) is 52.4 Å². The number of carbonyl (C=O) groups is 2. The molecule has 0 unspecified atom stereocenters. The first-order valence-electron chi connectivity index (χ1n) is 7.62. The van der Waals surface area contributed by atoms with Crippen molar-refractivity contribution in [2.45, 2.75) is 57.1 Å². The van der Waals surface area contributed by atoms with Crippen molar-refractivity contribution >= 4 is 23.8 Å². The zero-order valence-corrected chi connectivity index (χ0v) is 14.1. The fourth-order valence-corrected chi connectivity index (χ4v) is 2.77. The first-order valence-corrected chi connectivity index (χ1v) is 8.84. The SMILES string of the molecule is CSC(C)(C)CNC(=O)NCC1(C(=O)O)CCCCCC1. The van der Waals surface area contributed by atoms with Gasteiger partial charge in [0.2, 0.25) is 0 Å². The van der Waals surface area contributed by atoms with Gasteiger partial charge in [-0.25, -0.2) is 4.79 Å². The summed E-state index contributed by atoms with van der Waals surface area (Å²) in [6.45, 7) is 4.89. The van der Waals surface area contributed by atoms with E-state index in [4.69, 9.17) is 0 Å². The minimum absolute atomic E-state index is 0.0237. The van der Waals surface area contributed by atoms with Crippen LogP contribution in [0.2, 0.25) is 0 Å². The molecule has 0 radical (unpaired) electrons. The van der Waals surface area contributed by atoms with E-state index in [1.165, 1.54) is 0 Å². The lowest BCUT2D eigenvalue weighted by Crippen LogP contribution is -2.48. The molecule has 0 saturated heterocycles. The van der Waals surface area contributed by atoms with E-state index in [1.54, 1.807) is 11.8 Å². The maximum absolute atomic E-state index is 11.9. The van der Waals surface area contributed by atoms with Gasteiger partial charge >= 0.3 is 12.0 Å². The Balaban J connectivity index is 2.49. The summed E-state index contributed by atoms with van der Waals surface area (Å²) in [5.74, 6) is -0.783. The molecule has 0 atom stereocenters. The highest BCUT2D eigenvalue weighted by Crippen LogP contribution is 2.34. The third-order valence-electron chi connectivity index (χ3n) is 4.33. The van der Waals surface area contributed by atoms with Crippen molar-refractivity contribution in [1.29, 1.82) is 0 Å². The Kier molecular flexibility index (Phi) is 6.84. The predicted molar refractivity (Wildman–Crippen MR) is 86.8 cm³/mol. The van der Waals surface area contributed by atoms with E-state index in [9.17, 15) is 14.7 Å². The van der Waals surface area contributed by atoms with Crippen LogP contribution in [-0.2, 0) is 4.79 Å². The van der Waals surface area contributed by atoms with Gasteiger partial charge in [0, 0.05) is 17.8 Å². The molecule has 0 aliphatic heterocycles. The molecular weight excluding hydrogens is 288 g/mol. The summed E-state index contributed by atoms with van der Waals surface area (Å²) < 4.78 is -0.0237. The molecule has 1 fully saturated rings. The summed E-state index contributed by atoms with van der Waals surface area (Å²) in [6.07, 6.45) is 7.33. The highest BCUT2D eigenvalue weighted by Gasteiger charge is 2.38. The number of carboxylic acid groups (broad SMARTS) is 1. The van der Waals surface area contributed by atoms with Gasteiger partial charge in [0.25, 0.3) is 0 Å². The van der Waals surface area contributed by atoms with Crippen LogP contribution < -0.4 is 10.6 Å². The third kappa shape index (κ3) is 5.77. The average molecular weight is 316 g/mol. The Labute approximate surface area is 131 Å². The van der Waals surface area contributed by atoms with Crippen LogP contribution in [0, 0.1) is 5.41 Å². The fourth-order valence-electron chi connectivity index (χ4n) is 2.55. The molecule has 6 heteroatoms. The topological polar surface area (TPSA) is 78.4 Å². The van der Waals surface area contributed by atoms with E-state index in [2.05, 4.69) is 24.5 Å². The second kappa shape index (κ2) is 7.92. The Morgan fingerprint density at radius 2 is 1.71 bits per heavy atom. The highest BCUT2D eigenvalue weighted by atomic mass is 32.2. The van der Waals surface area contributed by atoms with Crippen molar-refractivity contribution in [3.8, 4) is 0 Å². The maximum atomic E-state index is 11.9. The van der Waals surface area contributed by atoms with Crippen LogP contribution in [0.15, 0.2) is 0 Å². The van der Waals surface area contributed by atoms with Gasteiger partial charge in [-0.05, 0) is 32.9 Å². The van der Waals surface area contributed by atoms with Crippen molar-refractivity contribution in [1.82, 2.24) is 10.6 Å². The molecule has 0 aromatic heterocycles. The molecule has 2 amide bonds. The van der Waals surface area contributed by atoms with Crippen LogP contribution in [0.5, 0.6) is 0 Å². The Morgan fingerprint density at radius 3 is 2.19 bits per heavy atom. The van der Waals surface area contributed by atoms with Crippen LogP contribution in [0.25, 0.3) is 0 Å². The molecule has 3 N–H and O–H groups in total. The van der Waals surface area contributed by atoms with Crippen molar-refractivity contribution in [3.63, 3.8) is 0 Å². The third-order valence-corrected chi connectivity index (χ3v) is 5.58. The van der Waals surface area contributed by atoms with Gasteiger partial charge in [0.15, 0.2) is 0 Å². The van der Waals surface area contributed by atoms with Gasteiger partial charge in [-0.15, -0.1) is 0 Å². The quantitative estimate of drug-likeness (QED) is 0.658. The number of rotatable bonds is 6. The minimum atomic E-state index is -0.789. The number of nitrogens with one attached hydrogen (secondary N) is 2. The van der Waals surface area contributed by atoms with Gasteiger partial charge < -0.3 is 15.7 Å². The van der Waals surface area contributed by atoms with E-state index in [-0.39, 0.29) is 17.3 Å². The standard InChI is InChI=1S/C15H28N2O3S/c1-14(2,21-3)10-16-13(20)17-11-15(12(18)19)8-6-4-5-7-9-15/h4-11H2,1-3H3,(H,18,19)(H2,16,17,20). The summed E-state index contributed by atoms with van der Waals surface area (Å²) in [5, 5.41) is 15.1. The molecule has 21 heavy (non-hydrogen) atoms. The molecule has 0 heterocycles. The number of carbonyl (C=O) groups excluding carboxylic acids is 1. The fraction of sp³-hybridized carbons (Fsp3) is 0.867. The Morgan fingerprint density at radius 1 is 1.14 bits per heavy atom. The molecule has 0 spiro atoms. The summed E-state index contributed by atoms with van der Waals surface area (Å²) in [7, 11) is 0. The molecule has 0 aromatic carbocycles. The predicted octanol–water partition coefficient (Wildman–Crippen LogP) is 2.85. The summed E-state index contributed by atoms with van der Waals surface area (Å²) in [6, 6.07) is -0.276. The number of carboxylic acids is 1. The lowest BCUT2D eigenvalue weighted by molar-refractivity contribution is -0.149. The molecule has 1 saturated carbocycles. The van der Waals surface area contributed by atoms with Crippen LogP contribution in [-0.4, -0.2) is 41.2 Å². The van der Waals surface area contributed by atoms with Crippen molar-refractivity contribution in [2.24, 2.45) is 5.41 Å². The van der Waals surface area contributed by atoms with E-state index in [1.807, 2.05) is 6.26 Å². The molecule has 1 aliphatic rings. The minimum Gasteiger partial charge on any atom is -0.481 e. The van der Waals surface area contributed by atoms with Crippen LogP contribution in [0.3, 0.4) is 0 Å².